The van der Waals surface area contributed by atoms with E-state index >= 15 is 0 Å². The molecule has 8 heteroatoms. The molecule has 0 aliphatic heterocycles. The highest BCUT2D eigenvalue weighted by Crippen LogP contribution is 2.18. The van der Waals surface area contributed by atoms with Gasteiger partial charge in [-0.3, -0.25) is 19.8 Å². The molecular weight excluding hydrogens is 270 g/mol. The number of pyridine rings is 1. The molecule has 0 bridgehead atoms. The summed E-state index contributed by atoms with van der Waals surface area (Å²) in [5, 5.41) is 10.5. The Morgan fingerprint density at radius 3 is 2.42 bits per heavy atom. The summed E-state index contributed by atoms with van der Waals surface area (Å²) in [6, 6.07) is 7.64. The topological polar surface area (TPSA) is 102 Å². The molecule has 19 heavy (non-hydrogen) atoms. The number of nitrogens with one attached hydrogen (secondary N) is 1. The van der Waals surface area contributed by atoms with Crippen LogP contribution in [0.1, 0.15) is 0 Å². The summed E-state index contributed by atoms with van der Waals surface area (Å²) in [5.74, 6) is 0. The first kappa shape index (κ1) is 13.0. The van der Waals surface area contributed by atoms with Crippen LogP contribution in [-0.2, 0) is 10.0 Å². The second-order valence-electron chi connectivity index (χ2n) is 3.52. The van der Waals surface area contributed by atoms with Gasteiger partial charge >= 0.3 is 0 Å². The number of nitro groups is 1. The minimum atomic E-state index is -3.80. The number of hydrogen-bond donors (Lipinski definition) is 1. The number of rotatable bonds is 4. The van der Waals surface area contributed by atoms with Crippen molar-refractivity contribution in [1.29, 1.82) is 0 Å². The van der Waals surface area contributed by atoms with E-state index in [0.717, 1.165) is 24.3 Å². The van der Waals surface area contributed by atoms with Crippen LogP contribution in [0.3, 0.4) is 0 Å². The molecule has 2 rings (SSSR count). The van der Waals surface area contributed by atoms with Crippen molar-refractivity contribution in [3.63, 3.8) is 0 Å². The van der Waals surface area contributed by atoms with Gasteiger partial charge in [0.1, 0.15) is 6.20 Å². The van der Waals surface area contributed by atoms with E-state index in [1.165, 1.54) is 12.3 Å². The lowest BCUT2D eigenvalue weighted by molar-refractivity contribution is -0.384. The van der Waals surface area contributed by atoms with Gasteiger partial charge in [-0.15, -0.1) is 0 Å². The summed E-state index contributed by atoms with van der Waals surface area (Å²) in [4.78, 5) is 13.5. The van der Waals surface area contributed by atoms with Gasteiger partial charge < -0.3 is 0 Å². The lowest BCUT2D eigenvalue weighted by Crippen LogP contribution is -2.13. The zero-order valence-corrected chi connectivity index (χ0v) is 10.3. The molecule has 0 fully saturated rings. The maximum absolute atomic E-state index is 12.0. The average molecular weight is 278 g/mol. The first-order valence-electron chi connectivity index (χ1n) is 5.09. The molecule has 0 spiro atoms. The fraction of sp³-hybridized carbons (Fsp3) is 0. The molecule has 1 aromatic heterocycles. The van der Waals surface area contributed by atoms with E-state index in [9.17, 15) is 18.5 Å². The van der Waals surface area contributed by atoms with Gasteiger partial charge in [0.05, 0.1) is 15.5 Å². The summed E-state index contributed by atoms with van der Waals surface area (Å²) in [5.41, 5.74) is 0.0211. The number of nitro benzene ring substituents is 1. The SMILES string of the molecule is O=[N+]([O-])c1ccc(S(=O)(=O)Nc2[c]nccc2)cc1. The number of anilines is 1. The summed E-state index contributed by atoms with van der Waals surface area (Å²) in [7, 11) is -3.80. The van der Waals surface area contributed by atoms with E-state index < -0.39 is 14.9 Å². The van der Waals surface area contributed by atoms with Gasteiger partial charge in [-0.1, -0.05) is 0 Å². The van der Waals surface area contributed by atoms with Gasteiger partial charge in [0.25, 0.3) is 15.7 Å². The summed E-state index contributed by atoms with van der Waals surface area (Å²) < 4.78 is 26.2. The quantitative estimate of drug-likeness (QED) is 0.675. The monoisotopic (exact) mass is 278 g/mol. The zero-order valence-electron chi connectivity index (χ0n) is 9.48. The number of nitrogens with zero attached hydrogens (tertiary/aromatic N) is 2. The highest BCUT2D eigenvalue weighted by atomic mass is 32.2. The van der Waals surface area contributed by atoms with Crippen LogP contribution in [0.4, 0.5) is 11.4 Å². The lowest BCUT2D eigenvalue weighted by Gasteiger charge is -2.06. The molecule has 0 aliphatic rings. The first-order valence-corrected chi connectivity index (χ1v) is 6.57. The van der Waals surface area contributed by atoms with Crippen LogP contribution in [-0.4, -0.2) is 18.3 Å². The Labute approximate surface area is 109 Å². The maximum Gasteiger partial charge on any atom is 0.269 e. The summed E-state index contributed by atoms with van der Waals surface area (Å²) >= 11 is 0. The number of non-ortho nitro benzene ring substituents is 1. The third kappa shape index (κ3) is 3.05. The number of aromatic nitrogens is 1. The highest BCUT2D eigenvalue weighted by Gasteiger charge is 2.15. The minimum absolute atomic E-state index is 0.0737. The van der Waals surface area contributed by atoms with Crippen molar-refractivity contribution in [1.82, 2.24) is 4.98 Å². The molecule has 2 aromatic rings. The largest absolute Gasteiger partial charge is 0.277 e. The third-order valence-electron chi connectivity index (χ3n) is 2.21. The third-order valence-corrected chi connectivity index (χ3v) is 3.59. The van der Waals surface area contributed by atoms with Crippen LogP contribution in [0.15, 0.2) is 47.5 Å². The Morgan fingerprint density at radius 1 is 1.21 bits per heavy atom. The number of hydrogen-bond acceptors (Lipinski definition) is 5. The minimum Gasteiger partial charge on any atom is -0.277 e. The molecule has 7 nitrogen and oxygen atoms in total. The Morgan fingerprint density at radius 2 is 1.89 bits per heavy atom. The van der Waals surface area contributed by atoms with Crippen molar-refractivity contribution in [2.24, 2.45) is 0 Å². The predicted molar refractivity (Wildman–Crippen MR) is 67.0 cm³/mol. The normalized spacial score (nSPS) is 10.9. The van der Waals surface area contributed by atoms with Crippen molar-refractivity contribution >= 4 is 21.4 Å². The van der Waals surface area contributed by atoms with Crippen molar-refractivity contribution in [2.45, 2.75) is 4.90 Å². The first-order chi connectivity index (χ1) is 8.99. The highest BCUT2D eigenvalue weighted by molar-refractivity contribution is 7.92. The van der Waals surface area contributed by atoms with Gasteiger partial charge in [0.15, 0.2) is 0 Å². The van der Waals surface area contributed by atoms with Crippen molar-refractivity contribution in [3.8, 4) is 0 Å². The van der Waals surface area contributed by atoms with E-state index in [-0.39, 0.29) is 16.3 Å². The average Bonchev–Trinajstić information content (AvgIpc) is 2.39. The zero-order chi connectivity index (χ0) is 13.9. The van der Waals surface area contributed by atoms with Crippen LogP contribution >= 0.6 is 0 Å². The van der Waals surface area contributed by atoms with Crippen molar-refractivity contribution in [3.05, 3.63) is 58.9 Å². The van der Waals surface area contributed by atoms with E-state index in [0.29, 0.717) is 0 Å². The molecule has 1 heterocycles. The fourth-order valence-electron chi connectivity index (χ4n) is 1.33. The second-order valence-corrected chi connectivity index (χ2v) is 5.20. The molecular formula is C11H8N3O4S. The molecule has 0 saturated heterocycles. The molecule has 1 N–H and O–H groups in total. The molecule has 0 aliphatic carbocycles. The molecule has 0 amide bonds. The fourth-order valence-corrected chi connectivity index (χ4v) is 2.35. The van der Waals surface area contributed by atoms with E-state index in [1.807, 2.05) is 0 Å². The van der Waals surface area contributed by atoms with Crippen molar-refractivity contribution < 1.29 is 13.3 Å². The maximum atomic E-state index is 12.0. The molecule has 1 radical (unpaired) electrons. The molecule has 0 atom stereocenters. The Balaban J connectivity index is 2.27. The number of benzene rings is 1. The Bertz CT molecular complexity index is 684. The van der Waals surface area contributed by atoms with Crippen LogP contribution < -0.4 is 4.72 Å². The Kier molecular flexibility index (Phi) is 3.43. The van der Waals surface area contributed by atoms with Gasteiger partial charge in [0, 0.05) is 18.3 Å². The molecule has 0 unspecified atom stereocenters. The molecule has 0 saturated carbocycles. The van der Waals surface area contributed by atoms with Gasteiger partial charge in [-0.2, -0.15) is 0 Å². The van der Waals surface area contributed by atoms with Gasteiger partial charge in [0.2, 0.25) is 0 Å². The molecule has 97 valence electrons. The van der Waals surface area contributed by atoms with Crippen LogP contribution in [0, 0.1) is 16.3 Å². The summed E-state index contributed by atoms with van der Waals surface area (Å²) in [6.45, 7) is 0. The van der Waals surface area contributed by atoms with E-state index in [2.05, 4.69) is 15.9 Å². The standard InChI is InChI=1S/C11H8N3O4S/c15-14(16)10-3-5-11(6-4-10)19(17,18)13-9-2-1-7-12-8-9/h1-7,13H. The van der Waals surface area contributed by atoms with Crippen molar-refractivity contribution in [2.75, 3.05) is 4.72 Å². The number of sulfonamides is 1. The van der Waals surface area contributed by atoms with Gasteiger partial charge in [-0.25, -0.2) is 8.42 Å². The molecule has 1 aromatic carbocycles. The van der Waals surface area contributed by atoms with Crippen LogP contribution in [0.5, 0.6) is 0 Å². The Hall–Kier alpha value is -2.48. The summed E-state index contributed by atoms with van der Waals surface area (Å²) in [6.07, 6.45) is 3.94. The lowest BCUT2D eigenvalue weighted by atomic mass is 10.3. The van der Waals surface area contributed by atoms with E-state index in [4.69, 9.17) is 0 Å². The predicted octanol–water partition coefficient (Wildman–Crippen LogP) is 1.59. The smallest absolute Gasteiger partial charge is 0.269 e. The second kappa shape index (κ2) is 5.02. The van der Waals surface area contributed by atoms with Crippen LogP contribution in [0.25, 0.3) is 0 Å². The van der Waals surface area contributed by atoms with Gasteiger partial charge in [-0.05, 0) is 24.3 Å². The van der Waals surface area contributed by atoms with E-state index in [1.54, 1.807) is 6.07 Å². The van der Waals surface area contributed by atoms with Crippen LogP contribution in [0.2, 0.25) is 0 Å².